The van der Waals surface area contributed by atoms with Crippen LogP contribution in [0.25, 0.3) is 0 Å². The van der Waals surface area contributed by atoms with Crippen LogP contribution in [0, 0.1) is 11.8 Å². The Labute approximate surface area is 171 Å². The van der Waals surface area contributed by atoms with Crippen molar-refractivity contribution in [1.82, 2.24) is 19.7 Å². The number of carbonyl (C=O) groups is 2. The van der Waals surface area contributed by atoms with E-state index in [1.165, 1.54) is 0 Å². The number of aryl methyl sites for hydroxylation is 1. The van der Waals surface area contributed by atoms with Gasteiger partial charge in [-0.05, 0) is 58.0 Å². The smallest absolute Gasteiger partial charge is 0.273 e. The second-order valence-corrected chi connectivity index (χ2v) is 9.88. The minimum absolute atomic E-state index is 0.0764. The molecular weight excluding hydrogens is 372 g/mol. The highest BCUT2D eigenvalue weighted by molar-refractivity contribution is 7.09. The Morgan fingerprint density at radius 2 is 2.11 bits per heavy atom. The van der Waals surface area contributed by atoms with Crippen molar-refractivity contribution in [3.8, 4) is 0 Å². The molecule has 0 N–H and O–H groups in total. The number of nitrogens with zero attached hydrogens (tertiary/aromatic N) is 4. The second kappa shape index (κ2) is 8.11. The highest BCUT2D eigenvalue weighted by atomic mass is 32.1. The molecule has 6 nitrogen and oxygen atoms in total. The highest BCUT2D eigenvalue weighted by Gasteiger charge is 2.50. The molecule has 3 aliphatic rings. The van der Waals surface area contributed by atoms with Crippen LogP contribution in [-0.2, 0) is 11.2 Å². The predicted octanol–water partition coefficient (Wildman–Crippen LogP) is 2.50. The number of likely N-dealkylation sites (N-methyl/N-ethyl adjacent to an activating group) is 1. The van der Waals surface area contributed by atoms with E-state index in [-0.39, 0.29) is 11.9 Å². The first-order valence-electron chi connectivity index (χ1n) is 10.7. The largest absolute Gasteiger partial charge is 0.337 e. The molecule has 4 heterocycles. The fourth-order valence-electron chi connectivity index (χ4n) is 5.45. The molecule has 3 saturated heterocycles. The average molecular weight is 405 g/mol. The Kier molecular flexibility index (Phi) is 5.74. The van der Waals surface area contributed by atoms with Gasteiger partial charge in [0, 0.05) is 43.5 Å². The van der Waals surface area contributed by atoms with Crippen molar-refractivity contribution in [1.29, 1.82) is 0 Å². The summed E-state index contributed by atoms with van der Waals surface area (Å²) in [5.41, 5.74) is 0.606. The van der Waals surface area contributed by atoms with Gasteiger partial charge in [-0.2, -0.15) is 0 Å². The SMILES string of the molecule is CCCc1nc(C(=O)N2C[C@H]3C[C@@H](C2)[C@H](CN(C)C)N2C(=O)CCC[C@@H]32)cs1. The van der Waals surface area contributed by atoms with E-state index in [2.05, 4.69) is 35.8 Å². The predicted molar refractivity (Wildman–Crippen MR) is 110 cm³/mol. The number of hydrogen-bond donors (Lipinski definition) is 0. The Morgan fingerprint density at radius 1 is 1.32 bits per heavy atom. The first-order chi connectivity index (χ1) is 13.5. The van der Waals surface area contributed by atoms with E-state index in [0.29, 0.717) is 35.9 Å². The molecule has 2 bridgehead atoms. The van der Waals surface area contributed by atoms with Gasteiger partial charge < -0.3 is 14.7 Å². The number of hydrogen-bond acceptors (Lipinski definition) is 5. The zero-order valence-electron chi connectivity index (χ0n) is 17.3. The van der Waals surface area contributed by atoms with Crippen LogP contribution in [0.1, 0.15) is 54.5 Å². The summed E-state index contributed by atoms with van der Waals surface area (Å²) in [5, 5.41) is 2.98. The van der Waals surface area contributed by atoms with Crippen LogP contribution >= 0.6 is 11.3 Å². The molecule has 1 aromatic heterocycles. The fraction of sp³-hybridized carbons (Fsp3) is 0.762. The van der Waals surface area contributed by atoms with Gasteiger partial charge in [0.15, 0.2) is 0 Å². The molecule has 154 valence electrons. The van der Waals surface area contributed by atoms with E-state index in [0.717, 1.165) is 56.7 Å². The van der Waals surface area contributed by atoms with Crippen molar-refractivity contribution >= 4 is 23.2 Å². The number of piperidine rings is 3. The van der Waals surface area contributed by atoms with Crippen LogP contribution in [0.3, 0.4) is 0 Å². The summed E-state index contributed by atoms with van der Waals surface area (Å²) in [7, 11) is 4.15. The number of fused-ring (bicyclic) bond motifs is 4. The average Bonchev–Trinajstić information content (AvgIpc) is 3.13. The zero-order chi connectivity index (χ0) is 19.8. The summed E-state index contributed by atoms with van der Waals surface area (Å²) in [5.74, 6) is 1.16. The van der Waals surface area contributed by atoms with Gasteiger partial charge in [-0.15, -0.1) is 11.3 Å². The third-order valence-corrected chi connectivity index (χ3v) is 7.48. The lowest BCUT2D eigenvalue weighted by molar-refractivity contribution is -0.152. The van der Waals surface area contributed by atoms with E-state index in [1.807, 2.05) is 10.3 Å². The first-order valence-corrected chi connectivity index (χ1v) is 11.6. The summed E-state index contributed by atoms with van der Waals surface area (Å²) >= 11 is 1.60. The molecule has 7 heteroatoms. The molecule has 4 rings (SSSR count). The molecule has 3 fully saturated rings. The lowest BCUT2D eigenvalue weighted by Gasteiger charge is -2.57. The number of rotatable bonds is 5. The first kappa shape index (κ1) is 19.8. The number of likely N-dealkylation sites (tertiary alicyclic amines) is 1. The van der Waals surface area contributed by atoms with Crippen LogP contribution in [0.4, 0.5) is 0 Å². The number of carbonyl (C=O) groups excluding carboxylic acids is 2. The second-order valence-electron chi connectivity index (χ2n) is 8.93. The third kappa shape index (κ3) is 3.71. The van der Waals surface area contributed by atoms with E-state index in [1.54, 1.807) is 11.3 Å². The topological polar surface area (TPSA) is 56.8 Å². The monoisotopic (exact) mass is 404 g/mol. The normalized spacial score (nSPS) is 29.9. The minimum Gasteiger partial charge on any atom is -0.337 e. The zero-order valence-corrected chi connectivity index (χ0v) is 18.1. The molecule has 1 aromatic rings. The van der Waals surface area contributed by atoms with Crippen molar-refractivity contribution in [3.63, 3.8) is 0 Å². The third-order valence-electron chi connectivity index (χ3n) is 6.57. The summed E-state index contributed by atoms with van der Waals surface area (Å²) < 4.78 is 0. The molecule has 4 atom stereocenters. The van der Waals surface area contributed by atoms with Crippen molar-refractivity contribution < 1.29 is 9.59 Å². The van der Waals surface area contributed by atoms with Crippen LogP contribution in [0.2, 0.25) is 0 Å². The van der Waals surface area contributed by atoms with Crippen molar-refractivity contribution in [3.05, 3.63) is 16.1 Å². The van der Waals surface area contributed by atoms with Crippen LogP contribution < -0.4 is 0 Å². The summed E-state index contributed by atoms with van der Waals surface area (Å²) in [6.07, 6.45) is 5.86. The number of aromatic nitrogens is 1. The van der Waals surface area contributed by atoms with E-state index in [9.17, 15) is 9.59 Å². The van der Waals surface area contributed by atoms with Crippen LogP contribution in [0.5, 0.6) is 0 Å². The van der Waals surface area contributed by atoms with E-state index >= 15 is 0 Å². The Bertz CT molecular complexity index is 734. The maximum absolute atomic E-state index is 13.2. The molecule has 0 unspecified atom stereocenters. The molecule has 0 saturated carbocycles. The highest BCUT2D eigenvalue weighted by Crippen LogP contribution is 2.42. The molecule has 0 radical (unpaired) electrons. The van der Waals surface area contributed by atoms with Gasteiger partial charge in [-0.1, -0.05) is 6.92 Å². The molecule has 0 spiro atoms. The maximum atomic E-state index is 13.2. The van der Waals surface area contributed by atoms with Gasteiger partial charge in [0.2, 0.25) is 5.91 Å². The van der Waals surface area contributed by atoms with Gasteiger partial charge in [-0.25, -0.2) is 4.98 Å². The fourth-order valence-corrected chi connectivity index (χ4v) is 6.32. The standard InChI is InChI=1S/C21H32N4O2S/c1-4-6-19-22-16(13-28-19)21(27)24-10-14-9-15(11-24)18(12-23(2)3)25-17(14)7-5-8-20(25)26/h13-15,17-18H,4-12H2,1-3H3/t14-,15+,17+,18+/m1/s1. The Morgan fingerprint density at radius 3 is 2.86 bits per heavy atom. The van der Waals surface area contributed by atoms with Gasteiger partial charge in [0.25, 0.3) is 5.91 Å². The van der Waals surface area contributed by atoms with Gasteiger partial charge in [0.1, 0.15) is 5.69 Å². The molecule has 0 aliphatic carbocycles. The lowest BCUT2D eigenvalue weighted by atomic mass is 9.72. The van der Waals surface area contributed by atoms with Crippen LogP contribution in [-0.4, -0.2) is 77.3 Å². The number of thiazole rings is 1. The quantitative estimate of drug-likeness (QED) is 0.757. The summed E-state index contributed by atoms with van der Waals surface area (Å²) in [4.78, 5) is 37.0. The van der Waals surface area contributed by atoms with E-state index < -0.39 is 0 Å². The minimum atomic E-state index is 0.0764. The van der Waals surface area contributed by atoms with E-state index in [4.69, 9.17) is 0 Å². The molecule has 3 aliphatic heterocycles. The molecule has 2 amide bonds. The molecular formula is C21H32N4O2S. The van der Waals surface area contributed by atoms with Crippen molar-refractivity contribution in [2.24, 2.45) is 11.8 Å². The lowest BCUT2D eigenvalue weighted by Crippen LogP contribution is -2.67. The van der Waals surface area contributed by atoms with Gasteiger partial charge >= 0.3 is 0 Å². The number of amides is 2. The maximum Gasteiger partial charge on any atom is 0.273 e. The van der Waals surface area contributed by atoms with Crippen molar-refractivity contribution in [2.45, 2.75) is 57.5 Å². The van der Waals surface area contributed by atoms with Crippen molar-refractivity contribution in [2.75, 3.05) is 33.7 Å². The van der Waals surface area contributed by atoms with Gasteiger partial charge in [-0.3, -0.25) is 9.59 Å². The summed E-state index contributed by atoms with van der Waals surface area (Å²) in [6, 6.07) is 0.509. The van der Waals surface area contributed by atoms with Crippen LogP contribution in [0.15, 0.2) is 5.38 Å². The Hall–Kier alpha value is -1.47. The summed E-state index contributed by atoms with van der Waals surface area (Å²) in [6.45, 7) is 4.51. The molecule has 28 heavy (non-hydrogen) atoms. The Balaban J connectivity index is 1.56. The van der Waals surface area contributed by atoms with Gasteiger partial charge in [0.05, 0.1) is 5.01 Å². The molecule has 0 aromatic carbocycles.